The van der Waals surface area contributed by atoms with E-state index in [-0.39, 0.29) is 11.7 Å². The summed E-state index contributed by atoms with van der Waals surface area (Å²) in [6, 6.07) is 3.43. The number of rotatable bonds is 4. The number of amides is 1. The monoisotopic (exact) mass is 321 g/mol. The van der Waals surface area contributed by atoms with E-state index in [1.54, 1.807) is 23.9 Å². The van der Waals surface area contributed by atoms with E-state index in [4.69, 9.17) is 4.42 Å². The molecule has 7 nitrogen and oxygen atoms in total. The molecule has 0 saturated carbocycles. The van der Waals surface area contributed by atoms with E-state index >= 15 is 0 Å². The van der Waals surface area contributed by atoms with E-state index < -0.39 is 0 Å². The Bertz CT molecular complexity index is 660. The van der Waals surface area contributed by atoms with Crippen LogP contribution in [0.5, 0.6) is 0 Å². The molecule has 2 N–H and O–H groups in total. The number of hydrogen-bond acceptors (Lipinski definition) is 6. The van der Waals surface area contributed by atoms with Gasteiger partial charge in [0.25, 0.3) is 5.91 Å². The Hall–Kier alpha value is -1.80. The molecule has 0 radical (unpaired) electrons. The van der Waals surface area contributed by atoms with Crippen molar-refractivity contribution in [3.63, 3.8) is 0 Å². The molecule has 118 valence electrons. The molecule has 8 heteroatoms. The van der Waals surface area contributed by atoms with Crippen LogP contribution in [0.4, 0.5) is 5.95 Å². The number of carbonyl (C=O) groups excluding carboxylic acids is 1. The van der Waals surface area contributed by atoms with E-state index in [1.807, 2.05) is 6.26 Å². The van der Waals surface area contributed by atoms with Crippen molar-refractivity contribution in [3.05, 3.63) is 23.7 Å². The minimum atomic E-state index is -0.312. The van der Waals surface area contributed by atoms with Gasteiger partial charge in [0.1, 0.15) is 0 Å². The lowest BCUT2D eigenvalue weighted by molar-refractivity contribution is 0.0990. The van der Waals surface area contributed by atoms with Gasteiger partial charge in [0.05, 0.1) is 0 Å². The molecule has 1 fully saturated rings. The molecule has 0 spiro atoms. The fourth-order valence-electron chi connectivity index (χ4n) is 2.48. The fourth-order valence-corrected chi connectivity index (χ4v) is 2.86. The molecular weight excluding hydrogens is 302 g/mol. The van der Waals surface area contributed by atoms with Crippen LogP contribution in [0.2, 0.25) is 0 Å². The number of hydrogen-bond donors (Lipinski definition) is 2. The van der Waals surface area contributed by atoms with Gasteiger partial charge in [-0.15, -0.1) is 0 Å². The summed E-state index contributed by atoms with van der Waals surface area (Å²) >= 11 is 1.45. The Morgan fingerprint density at radius 2 is 2.23 bits per heavy atom. The van der Waals surface area contributed by atoms with Gasteiger partial charge in [-0.05, 0) is 44.3 Å². The van der Waals surface area contributed by atoms with Gasteiger partial charge in [0.2, 0.25) is 5.95 Å². The third kappa shape index (κ3) is 3.17. The molecule has 1 amide bonds. The van der Waals surface area contributed by atoms with E-state index in [1.165, 1.54) is 11.8 Å². The summed E-state index contributed by atoms with van der Waals surface area (Å²) in [5, 5.41) is 11.2. The second-order valence-electron chi connectivity index (χ2n) is 5.22. The highest BCUT2D eigenvalue weighted by Gasteiger charge is 2.22. The fraction of sp³-hybridized carbons (Fsp3) is 0.500. The van der Waals surface area contributed by atoms with Crippen molar-refractivity contribution in [2.45, 2.75) is 23.9 Å². The van der Waals surface area contributed by atoms with Crippen LogP contribution < -0.4 is 10.6 Å². The maximum absolute atomic E-state index is 12.2. The van der Waals surface area contributed by atoms with Crippen molar-refractivity contribution < 1.29 is 9.21 Å². The van der Waals surface area contributed by atoms with Crippen LogP contribution in [0.3, 0.4) is 0 Å². The van der Waals surface area contributed by atoms with E-state index in [0.717, 1.165) is 31.8 Å². The molecule has 1 aliphatic heterocycles. The molecule has 0 bridgehead atoms. The van der Waals surface area contributed by atoms with Gasteiger partial charge in [-0.1, -0.05) is 11.8 Å². The van der Waals surface area contributed by atoms with Crippen molar-refractivity contribution >= 4 is 23.6 Å². The lowest BCUT2D eigenvalue weighted by Crippen LogP contribution is -2.27. The Labute approximate surface area is 132 Å². The van der Waals surface area contributed by atoms with Gasteiger partial charge in [-0.3, -0.25) is 10.1 Å². The lowest BCUT2D eigenvalue weighted by Gasteiger charge is -2.19. The van der Waals surface area contributed by atoms with Gasteiger partial charge in [0, 0.05) is 13.0 Å². The van der Waals surface area contributed by atoms with Gasteiger partial charge < -0.3 is 9.73 Å². The molecule has 2 aromatic heterocycles. The smallest absolute Gasteiger partial charge is 0.293 e. The third-order valence-electron chi connectivity index (χ3n) is 3.72. The summed E-state index contributed by atoms with van der Waals surface area (Å²) in [6.07, 6.45) is 3.94. The minimum Gasteiger partial charge on any atom is -0.445 e. The molecule has 22 heavy (non-hydrogen) atoms. The first-order valence-electron chi connectivity index (χ1n) is 7.24. The highest BCUT2D eigenvalue weighted by molar-refractivity contribution is 7.98. The number of nitrogens with zero attached hydrogens (tertiary/aromatic N) is 3. The highest BCUT2D eigenvalue weighted by Crippen LogP contribution is 2.24. The number of thioether (sulfide) groups is 1. The zero-order valence-electron chi connectivity index (χ0n) is 12.6. The Kier molecular flexibility index (Phi) is 4.49. The Balaban J connectivity index is 1.71. The zero-order chi connectivity index (χ0) is 15.5. The molecule has 1 aliphatic rings. The Morgan fingerprint density at radius 3 is 2.91 bits per heavy atom. The predicted octanol–water partition coefficient (Wildman–Crippen LogP) is 1.85. The molecule has 3 heterocycles. The van der Waals surface area contributed by atoms with Crippen molar-refractivity contribution in [1.82, 2.24) is 20.1 Å². The summed E-state index contributed by atoms with van der Waals surface area (Å²) < 4.78 is 7.02. The highest BCUT2D eigenvalue weighted by atomic mass is 32.2. The quantitative estimate of drug-likeness (QED) is 0.836. The first kappa shape index (κ1) is 15.1. The molecule has 0 unspecified atom stereocenters. The predicted molar refractivity (Wildman–Crippen MR) is 84.3 cm³/mol. The topological polar surface area (TPSA) is 85.0 Å². The van der Waals surface area contributed by atoms with E-state index in [0.29, 0.717) is 17.0 Å². The molecule has 0 aliphatic carbocycles. The normalized spacial score (nSPS) is 15.9. The molecule has 2 aromatic rings. The number of nitrogens with one attached hydrogen (secondary N) is 2. The summed E-state index contributed by atoms with van der Waals surface area (Å²) in [5.41, 5.74) is 0. The van der Waals surface area contributed by atoms with Crippen LogP contribution in [0.1, 0.15) is 35.1 Å². The number of carbonyl (C=O) groups is 1. The molecule has 1 saturated heterocycles. The second kappa shape index (κ2) is 6.53. The maximum Gasteiger partial charge on any atom is 0.293 e. The summed E-state index contributed by atoms with van der Waals surface area (Å²) in [7, 11) is 1.78. The van der Waals surface area contributed by atoms with Crippen LogP contribution in [0, 0.1) is 0 Å². The van der Waals surface area contributed by atoms with Gasteiger partial charge >= 0.3 is 0 Å². The summed E-state index contributed by atoms with van der Waals surface area (Å²) in [5.74, 6) is 1.55. The van der Waals surface area contributed by atoms with Crippen molar-refractivity contribution in [2.24, 2.45) is 7.05 Å². The number of anilines is 1. The first-order chi connectivity index (χ1) is 10.7. The summed E-state index contributed by atoms with van der Waals surface area (Å²) in [6.45, 7) is 1.96. The average Bonchev–Trinajstić information content (AvgIpc) is 3.15. The number of aromatic nitrogens is 3. The van der Waals surface area contributed by atoms with Crippen LogP contribution in [-0.2, 0) is 7.05 Å². The molecule has 0 atom stereocenters. The average molecular weight is 321 g/mol. The van der Waals surface area contributed by atoms with Crippen molar-refractivity contribution in [2.75, 3.05) is 24.7 Å². The number of piperidine rings is 1. The van der Waals surface area contributed by atoms with Gasteiger partial charge in [-0.25, -0.2) is 4.68 Å². The van der Waals surface area contributed by atoms with Crippen molar-refractivity contribution in [1.29, 1.82) is 0 Å². The molecular formula is C14H19N5O2S. The van der Waals surface area contributed by atoms with Crippen molar-refractivity contribution in [3.8, 4) is 0 Å². The van der Waals surface area contributed by atoms with Gasteiger partial charge in [-0.2, -0.15) is 10.1 Å². The minimum absolute atomic E-state index is 0.274. The van der Waals surface area contributed by atoms with Crippen LogP contribution >= 0.6 is 11.8 Å². The third-order valence-corrected chi connectivity index (χ3v) is 4.34. The van der Waals surface area contributed by atoms with Crippen LogP contribution in [0.15, 0.2) is 21.6 Å². The number of furan rings is 1. The summed E-state index contributed by atoms with van der Waals surface area (Å²) in [4.78, 5) is 16.6. The molecule has 0 aromatic carbocycles. The largest absolute Gasteiger partial charge is 0.445 e. The van der Waals surface area contributed by atoms with Crippen LogP contribution in [0.25, 0.3) is 0 Å². The maximum atomic E-state index is 12.2. The zero-order valence-corrected chi connectivity index (χ0v) is 13.4. The lowest BCUT2D eigenvalue weighted by atomic mass is 9.98. The van der Waals surface area contributed by atoms with Gasteiger partial charge in [0.15, 0.2) is 16.7 Å². The van der Waals surface area contributed by atoms with E-state index in [9.17, 15) is 4.79 Å². The standard InChI is InChI=1S/C14H19N5O2S/c1-19-14(16-12(18-19)9-5-7-15-8-6-9)17-13(20)10-3-4-11(21-10)22-2/h3-4,9,15H,5-8H2,1-2H3,(H,16,17,18,20). The number of aryl methyl sites for hydroxylation is 1. The van der Waals surface area contributed by atoms with Crippen LogP contribution in [-0.4, -0.2) is 40.0 Å². The molecule has 3 rings (SSSR count). The first-order valence-corrected chi connectivity index (χ1v) is 8.46. The SMILES string of the molecule is CSc1ccc(C(=O)Nc2nc(C3CCNCC3)nn2C)o1. The second-order valence-corrected chi connectivity index (χ2v) is 6.03. The van der Waals surface area contributed by atoms with E-state index in [2.05, 4.69) is 20.7 Å². The Morgan fingerprint density at radius 1 is 1.45 bits per heavy atom.